The zero-order valence-electron chi connectivity index (χ0n) is 7.97. The number of methoxy groups -OCH3 is 1. The van der Waals surface area contributed by atoms with Gasteiger partial charge in [0.2, 0.25) is 0 Å². The molecule has 1 atom stereocenters. The molecule has 82 valence electrons. The van der Waals surface area contributed by atoms with Crippen molar-refractivity contribution in [3.63, 3.8) is 0 Å². The van der Waals surface area contributed by atoms with Crippen LogP contribution < -0.4 is 5.73 Å². The van der Waals surface area contributed by atoms with E-state index in [4.69, 9.17) is 15.4 Å². The number of aromatic nitrogens is 1. The van der Waals surface area contributed by atoms with Gasteiger partial charge in [-0.15, -0.1) is 0 Å². The number of rotatable bonds is 4. The quantitative estimate of drug-likeness (QED) is 0.674. The van der Waals surface area contributed by atoms with Crippen LogP contribution in [0.2, 0.25) is 0 Å². The molecule has 0 aliphatic heterocycles. The Balaban J connectivity index is 2.75. The van der Waals surface area contributed by atoms with Gasteiger partial charge in [-0.05, 0) is 0 Å². The summed E-state index contributed by atoms with van der Waals surface area (Å²) in [5.74, 6) is -1.58. The summed E-state index contributed by atoms with van der Waals surface area (Å²) in [6.07, 6.45) is -0.296. The number of carbonyl (C=O) groups is 2. The third kappa shape index (κ3) is 2.78. The Morgan fingerprint density at radius 3 is 2.93 bits per heavy atom. The molecule has 7 nitrogen and oxygen atoms in total. The van der Waals surface area contributed by atoms with Gasteiger partial charge in [-0.3, -0.25) is 4.79 Å². The molecule has 0 aliphatic carbocycles. The fraction of sp³-hybridized carbons (Fsp3) is 0.375. The lowest BCUT2D eigenvalue weighted by atomic mass is 10.1. The zero-order valence-corrected chi connectivity index (χ0v) is 7.97. The summed E-state index contributed by atoms with van der Waals surface area (Å²) in [6.45, 7) is 0. The van der Waals surface area contributed by atoms with Crippen LogP contribution in [-0.2, 0) is 9.53 Å². The highest BCUT2D eigenvalue weighted by atomic mass is 16.5. The van der Waals surface area contributed by atoms with Crippen molar-refractivity contribution < 1.29 is 24.0 Å². The molecular weight excluding hydrogens is 204 g/mol. The first-order valence-electron chi connectivity index (χ1n) is 4.07. The molecular formula is C8H10N2O5. The summed E-state index contributed by atoms with van der Waals surface area (Å²) in [4.78, 5) is 21.3. The Labute approximate surface area is 84.8 Å². The third-order valence-electron chi connectivity index (χ3n) is 1.68. The van der Waals surface area contributed by atoms with Gasteiger partial charge in [-0.25, -0.2) is 4.79 Å². The van der Waals surface area contributed by atoms with Crippen molar-refractivity contribution in [3.8, 4) is 0 Å². The Morgan fingerprint density at radius 2 is 2.40 bits per heavy atom. The van der Waals surface area contributed by atoms with E-state index in [1.54, 1.807) is 0 Å². The molecule has 1 unspecified atom stereocenters. The molecule has 0 spiro atoms. The second-order valence-corrected chi connectivity index (χ2v) is 2.81. The van der Waals surface area contributed by atoms with Crippen LogP contribution in [0.1, 0.15) is 28.7 Å². The number of hydrogen-bond donors (Lipinski definition) is 2. The second-order valence-electron chi connectivity index (χ2n) is 2.81. The van der Waals surface area contributed by atoms with Crippen molar-refractivity contribution in [1.82, 2.24) is 5.16 Å². The lowest BCUT2D eigenvalue weighted by Gasteiger charge is -2.01. The van der Waals surface area contributed by atoms with Gasteiger partial charge in [0.15, 0.2) is 11.5 Å². The van der Waals surface area contributed by atoms with Gasteiger partial charge in [0.1, 0.15) is 0 Å². The van der Waals surface area contributed by atoms with Gasteiger partial charge in [0, 0.05) is 6.07 Å². The topological polar surface area (TPSA) is 116 Å². The van der Waals surface area contributed by atoms with E-state index in [1.807, 2.05) is 0 Å². The van der Waals surface area contributed by atoms with Crippen molar-refractivity contribution >= 4 is 11.9 Å². The molecule has 0 radical (unpaired) electrons. The van der Waals surface area contributed by atoms with E-state index in [9.17, 15) is 9.59 Å². The predicted octanol–water partition coefficient (Wildman–Crippen LogP) is -0.0643. The number of ether oxygens (including phenoxy) is 1. The molecule has 0 bridgehead atoms. The number of nitrogens with two attached hydrogens (primary N) is 1. The number of carbonyl (C=O) groups excluding carboxylic acids is 1. The summed E-state index contributed by atoms with van der Waals surface area (Å²) in [7, 11) is 1.20. The molecule has 7 heteroatoms. The van der Waals surface area contributed by atoms with Crippen LogP contribution in [0.4, 0.5) is 0 Å². The molecule has 0 fully saturated rings. The lowest BCUT2D eigenvalue weighted by molar-refractivity contribution is -0.137. The molecule has 1 rings (SSSR count). The van der Waals surface area contributed by atoms with Crippen molar-refractivity contribution in [2.45, 2.75) is 12.5 Å². The average molecular weight is 214 g/mol. The molecule has 0 saturated heterocycles. The van der Waals surface area contributed by atoms with E-state index in [0.717, 1.165) is 0 Å². The first-order valence-corrected chi connectivity index (χ1v) is 4.07. The number of aliphatic carboxylic acids is 1. The number of carboxylic acids is 1. The first-order chi connectivity index (χ1) is 7.04. The molecule has 15 heavy (non-hydrogen) atoms. The summed E-state index contributed by atoms with van der Waals surface area (Å²) >= 11 is 0. The van der Waals surface area contributed by atoms with E-state index in [2.05, 4.69) is 9.89 Å². The summed E-state index contributed by atoms with van der Waals surface area (Å²) in [5, 5.41) is 11.9. The standard InChI is InChI=1S/C8H10N2O5/c1-14-8(13)5-3-6(15-10-5)4(9)2-7(11)12/h3-4H,2,9H2,1H3,(H,11,12). The van der Waals surface area contributed by atoms with Crippen molar-refractivity contribution in [3.05, 3.63) is 17.5 Å². The van der Waals surface area contributed by atoms with Gasteiger partial charge in [0.05, 0.1) is 19.6 Å². The summed E-state index contributed by atoms with van der Waals surface area (Å²) in [6, 6.07) is 0.438. The Hall–Kier alpha value is -1.89. The minimum atomic E-state index is -1.06. The van der Waals surface area contributed by atoms with Crippen LogP contribution >= 0.6 is 0 Å². The van der Waals surface area contributed by atoms with Gasteiger partial charge < -0.3 is 20.1 Å². The molecule has 1 aromatic rings. The summed E-state index contributed by atoms with van der Waals surface area (Å²) in [5.41, 5.74) is 5.45. The van der Waals surface area contributed by atoms with E-state index in [1.165, 1.54) is 13.2 Å². The van der Waals surface area contributed by atoms with Crippen LogP contribution in [-0.4, -0.2) is 29.3 Å². The fourth-order valence-corrected chi connectivity index (χ4v) is 0.954. The van der Waals surface area contributed by atoms with E-state index in [0.29, 0.717) is 0 Å². The molecule has 0 amide bonds. The highest BCUT2D eigenvalue weighted by Gasteiger charge is 2.19. The second kappa shape index (κ2) is 4.56. The van der Waals surface area contributed by atoms with E-state index >= 15 is 0 Å². The van der Waals surface area contributed by atoms with Crippen LogP contribution in [0.15, 0.2) is 10.6 Å². The predicted molar refractivity (Wildman–Crippen MR) is 47.0 cm³/mol. The highest BCUT2D eigenvalue weighted by molar-refractivity contribution is 5.87. The third-order valence-corrected chi connectivity index (χ3v) is 1.68. The molecule has 0 aromatic carbocycles. The maximum Gasteiger partial charge on any atom is 0.360 e. The maximum absolute atomic E-state index is 11.0. The van der Waals surface area contributed by atoms with Gasteiger partial charge in [-0.2, -0.15) is 0 Å². The minimum absolute atomic E-state index is 0.0339. The Bertz CT molecular complexity index is 373. The molecule has 3 N–H and O–H groups in total. The van der Waals surface area contributed by atoms with Gasteiger partial charge >= 0.3 is 11.9 Å². The van der Waals surface area contributed by atoms with Gasteiger partial charge in [-0.1, -0.05) is 5.16 Å². The Morgan fingerprint density at radius 1 is 1.73 bits per heavy atom. The van der Waals surface area contributed by atoms with Crippen molar-refractivity contribution in [2.24, 2.45) is 5.73 Å². The first kappa shape index (κ1) is 11.2. The van der Waals surface area contributed by atoms with Crippen LogP contribution in [0.25, 0.3) is 0 Å². The maximum atomic E-state index is 11.0. The van der Waals surface area contributed by atoms with Crippen LogP contribution in [0.5, 0.6) is 0 Å². The highest BCUT2D eigenvalue weighted by Crippen LogP contribution is 2.15. The normalized spacial score (nSPS) is 12.1. The monoisotopic (exact) mass is 214 g/mol. The van der Waals surface area contributed by atoms with Crippen molar-refractivity contribution in [2.75, 3.05) is 7.11 Å². The molecule has 0 aliphatic rings. The van der Waals surface area contributed by atoms with Crippen LogP contribution in [0, 0.1) is 0 Å². The smallest absolute Gasteiger partial charge is 0.360 e. The number of carboxylic acid groups (broad SMARTS) is 1. The number of nitrogens with zero attached hydrogens (tertiary/aromatic N) is 1. The largest absolute Gasteiger partial charge is 0.481 e. The molecule has 1 heterocycles. The molecule has 0 saturated carbocycles. The van der Waals surface area contributed by atoms with E-state index < -0.39 is 18.0 Å². The zero-order chi connectivity index (χ0) is 11.4. The SMILES string of the molecule is COC(=O)c1cc(C(N)CC(=O)O)on1. The average Bonchev–Trinajstić information content (AvgIpc) is 2.64. The number of esters is 1. The van der Waals surface area contributed by atoms with Crippen molar-refractivity contribution in [1.29, 1.82) is 0 Å². The Kier molecular flexibility index (Phi) is 3.40. The number of hydrogen-bond acceptors (Lipinski definition) is 6. The minimum Gasteiger partial charge on any atom is -0.481 e. The summed E-state index contributed by atoms with van der Waals surface area (Å²) < 4.78 is 9.10. The lowest BCUT2D eigenvalue weighted by Crippen LogP contribution is -2.14. The fourth-order valence-electron chi connectivity index (χ4n) is 0.954. The van der Waals surface area contributed by atoms with Crippen LogP contribution in [0.3, 0.4) is 0 Å². The molecule has 1 aromatic heterocycles. The van der Waals surface area contributed by atoms with E-state index in [-0.39, 0.29) is 17.9 Å². The van der Waals surface area contributed by atoms with Gasteiger partial charge in [0.25, 0.3) is 0 Å².